The number of hydrogen-bond acceptors (Lipinski definition) is 4. The van der Waals surface area contributed by atoms with Crippen LogP contribution in [0.3, 0.4) is 0 Å². The molecule has 17 heavy (non-hydrogen) atoms. The minimum absolute atomic E-state index is 0.00426. The first kappa shape index (κ1) is 13.5. The Kier molecular flexibility index (Phi) is 4.98. The molecule has 1 amide bonds. The first-order valence-corrected chi connectivity index (χ1v) is 5.54. The summed E-state index contributed by atoms with van der Waals surface area (Å²) in [4.78, 5) is 25.9. The van der Waals surface area contributed by atoms with E-state index in [-0.39, 0.29) is 24.4 Å². The summed E-state index contributed by atoms with van der Waals surface area (Å²) in [6.45, 7) is 2.89. The zero-order chi connectivity index (χ0) is 12.8. The Labute approximate surface area is 102 Å². The second kappa shape index (κ2) is 6.26. The molecule has 0 bridgehead atoms. The first-order valence-electron chi connectivity index (χ1n) is 5.54. The molecule has 0 aromatic carbocycles. The molecule has 0 N–H and O–H groups in total. The van der Waals surface area contributed by atoms with E-state index in [1.807, 2.05) is 19.0 Å². The number of likely N-dealkylation sites (tertiary alicyclic amines) is 1. The molecule has 0 aromatic rings. The van der Waals surface area contributed by atoms with Crippen LogP contribution in [0.25, 0.3) is 0 Å². The topological polar surface area (TPSA) is 49.9 Å². The standard InChI is InChI=1S/C12H18N2O3/c1-10(15)17-11-8-12(16)14(9-11)7-5-4-6-13(2)3/h11H,6-9H2,1-3H3/t11-/m1/s1. The van der Waals surface area contributed by atoms with Crippen LogP contribution in [-0.4, -0.2) is 61.5 Å². The molecule has 94 valence electrons. The van der Waals surface area contributed by atoms with Gasteiger partial charge in [-0.15, -0.1) is 0 Å². The van der Waals surface area contributed by atoms with Crippen LogP contribution in [-0.2, 0) is 14.3 Å². The Morgan fingerprint density at radius 1 is 1.53 bits per heavy atom. The van der Waals surface area contributed by atoms with E-state index in [9.17, 15) is 9.59 Å². The van der Waals surface area contributed by atoms with Crippen molar-refractivity contribution in [1.29, 1.82) is 0 Å². The molecule has 1 aliphatic heterocycles. The lowest BCUT2D eigenvalue weighted by Crippen LogP contribution is -2.27. The van der Waals surface area contributed by atoms with E-state index < -0.39 is 0 Å². The van der Waals surface area contributed by atoms with Gasteiger partial charge in [-0.1, -0.05) is 11.8 Å². The van der Waals surface area contributed by atoms with Crippen LogP contribution in [0.5, 0.6) is 0 Å². The molecule has 1 atom stereocenters. The first-order chi connectivity index (χ1) is 7.99. The molecule has 1 heterocycles. The second-order valence-corrected chi connectivity index (χ2v) is 4.30. The molecule has 5 heteroatoms. The van der Waals surface area contributed by atoms with Crippen molar-refractivity contribution in [3.8, 4) is 11.8 Å². The maximum atomic E-state index is 11.6. The second-order valence-electron chi connectivity index (χ2n) is 4.30. The maximum Gasteiger partial charge on any atom is 0.302 e. The Morgan fingerprint density at radius 3 is 2.82 bits per heavy atom. The highest BCUT2D eigenvalue weighted by Crippen LogP contribution is 2.13. The van der Waals surface area contributed by atoms with Crippen LogP contribution >= 0.6 is 0 Å². The Morgan fingerprint density at radius 2 is 2.24 bits per heavy atom. The SMILES string of the molecule is CC(=O)O[C@@H]1CC(=O)N(CC#CCN(C)C)C1. The molecular weight excluding hydrogens is 220 g/mol. The van der Waals surface area contributed by atoms with Crippen molar-refractivity contribution < 1.29 is 14.3 Å². The lowest BCUT2D eigenvalue weighted by molar-refractivity contribution is -0.145. The molecule has 1 aliphatic rings. The van der Waals surface area contributed by atoms with Gasteiger partial charge in [0.15, 0.2) is 0 Å². The fourth-order valence-electron chi connectivity index (χ4n) is 1.57. The van der Waals surface area contributed by atoms with Crippen LogP contribution in [0.1, 0.15) is 13.3 Å². The highest BCUT2D eigenvalue weighted by molar-refractivity contribution is 5.80. The van der Waals surface area contributed by atoms with Crippen LogP contribution < -0.4 is 0 Å². The molecule has 0 radical (unpaired) electrons. The number of hydrogen-bond donors (Lipinski definition) is 0. The molecule has 0 aromatic heterocycles. The Balaban J connectivity index is 2.37. The summed E-state index contributed by atoms with van der Waals surface area (Å²) in [5.41, 5.74) is 0. The molecule has 5 nitrogen and oxygen atoms in total. The number of nitrogens with zero attached hydrogens (tertiary/aromatic N) is 2. The van der Waals surface area contributed by atoms with E-state index in [4.69, 9.17) is 4.74 Å². The normalized spacial score (nSPS) is 19.2. The van der Waals surface area contributed by atoms with Gasteiger partial charge >= 0.3 is 5.97 Å². The maximum absolute atomic E-state index is 11.6. The zero-order valence-electron chi connectivity index (χ0n) is 10.5. The van der Waals surface area contributed by atoms with Crippen molar-refractivity contribution in [2.45, 2.75) is 19.4 Å². The lowest BCUT2D eigenvalue weighted by atomic mass is 10.3. The highest BCUT2D eigenvalue weighted by atomic mass is 16.5. The van der Waals surface area contributed by atoms with Gasteiger partial charge in [-0.3, -0.25) is 14.5 Å². The minimum Gasteiger partial charge on any atom is -0.460 e. The zero-order valence-corrected chi connectivity index (χ0v) is 10.5. The van der Waals surface area contributed by atoms with Crippen LogP contribution in [0.2, 0.25) is 0 Å². The fraction of sp³-hybridized carbons (Fsp3) is 0.667. The molecule has 1 fully saturated rings. The quantitative estimate of drug-likeness (QED) is 0.501. The van der Waals surface area contributed by atoms with Gasteiger partial charge in [0.25, 0.3) is 0 Å². The van der Waals surface area contributed by atoms with Gasteiger partial charge in [0.1, 0.15) is 6.10 Å². The van der Waals surface area contributed by atoms with Crippen molar-refractivity contribution in [2.24, 2.45) is 0 Å². The number of amides is 1. The van der Waals surface area contributed by atoms with E-state index in [1.54, 1.807) is 4.90 Å². The summed E-state index contributed by atoms with van der Waals surface area (Å²) in [6.07, 6.45) is -0.0368. The predicted molar refractivity (Wildman–Crippen MR) is 63.1 cm³/mol. The van der Waals surface area contributed by atoms with Gasteiger partial charge in [-0.05, 0) is 14.1 Å². The van der Waals surface area contributed by atoms with Crippen molar-refractivity contribution in [2.75, 3.05) is 33.7 Å². The van der Waals surface area contributed by atoms with Crippen molar-refractivity contribution in [3.05, 3.63) is 0 Å². The largest absolute Gasteiger partial charge is 0.460 e. The van der Waals surface area contributed by atoms with Crippen LogP contribution in [0.4, 0.5) is 0 Å². The molecule has 0 aliphatic carbocycles. The summed E-state index contributed by atoms with van der Waals surface area (Å²) in [7, 11) is 3.87. The molecule has 0 spiro atoms. The van der Waals surface area contributed by atoms with E-state index in [1.165, 1.54) is 6.92 Å². The van der Waals surface area contributed by atoms with Crippen molar-refractivity contribution in [1.82, 2.24) is 9.80 Å². The van der Waals surface area contributed by atoms with E-state index >= 15 is 0 Å². The number of carbonyl (C=O) groups is 2. The van der Waals surface area contributed by atoms with E-state index in [2.05, 4.69) is 11.8 Å². The van der Waals surface area contributed by atoms with Gasteiger partial charge in [0.05, 0.1) is 26.1 Å². The van der Waals surface area contributed by atoms with Gasteiger partial charge in [0.2, 0.25) is 5.91 Å². The molecule has 1 saturated heterocycles. The third-order valence-corrected chi connectivity index (χ3v) is 2.30. The fourth-order valence-corrected chi connectivity index (χ4v) is 1.57. The van der Waals surface area contributed by atoms with Crippen molar-refractivity contribution >= 4 is 11.9 Å². The Bertz CT molecular complexity index is 354. The monoisotopic (exact) mass is 238 g/mol. The van der Waals surface area contributed by atoms with E-state index in [0.29, 0.717) is 19.6 Å². The predicted octanol–water partition coefficient (Wildman–Crippen LogP) is -0.285. The van der Waals surface area contributed by atoms with Gasteiger partial charge in [0, 0.05) is 6.92 Å². The summed E-state index contributed by atoms with van der Waals surface area (Å²) >= 11 is 0. The molecule has 0 saturated carbocycles. The van der Waals surface area contributed by atoms with Gasteiger partial charge in [-0.2, -0.15) is 0 Å². The Hall–Kier alpha value is -1.54. The van der Waals surface area contributed by atoms with Crippen molar-refractivity contribution in [3.63, 3.8) is 0 Å². The average Bonchev–Trinajstić information content (AvgIpc) is 2.52. The van der Waals surface area contributed by atoms with Gasteiger partial charge < -0.3 is 9.64 Å². The average molecular weight is 238 g/mol. The third-order valence-electron chi connectivity index (χ3n) is 2.30. The van der Waals surface area contributed by atoms with Crippen LogP contribution in [0, 0.1) is 11.8 Å². The van der Waals surface area contributed by atoms with Crippen LogP contribution in [0.15, 0.2) is 0 Å². The molecule has 0 unspecified atom stereocenters. The van der Waals surface area contributed by atoms with Gasteiger partial charge in [-0.25, -0.2) is 0 Å². The highest BCUT2D eigenvalue weighted by Gasteiger charge is 2.30. The number of ether oxygens (including phenoxy) is 1. The third kappa shape index (κ3) is 4.87. The molecule has 1 rings (SSSR count). The summed E-state index contributed by atoms with van der Waals surface area (Å²) in [6, 6.07) is 0. The number of carbonyl (C=O) groups excluding carboxylic acids is 2. The summed E-state index contributed by atoms with van der Waals surface area (Å²) in [5.74, 6) is 5.55. The smallest absolute Gasteiger partial charge is 0.302 e. The van der Waals surface area contributed by atoms with E-state index in [0.717, 1.165) is 0 Å². The minimum atomic E-state index is -0.344. The summed E-state index contributed by atoms with van der Waals surface area (Å²) < 4.78 is 5.00. The molecular formula is C12H18N2O3. The number of rotatable bonds is 3. The number of esters is 1. The summed E-state index contributed by atoms with van der Waals surface area (Å²) in [5, 5.41) is 0. The lowest BCUT2D eigenvalue weighted by Gasteiger charge is -2.12.